The highest BCUT2D eigenvalue weighted by molar-refractivity contribution is 9.10. The monoisotopic (exact) mass is 350 g/mol. The van der Waals surface area contributed by atoms with Crippen molar-refractivity contribution in [3.05, 3.63) is 49.9 Å². The molecule has 1 heterocycles. The second kappa shape index (κ2) is 6.37. The van der Waals surface area contributed by atoms with Gasteiger partial charge in [0.15, 0.2) is 0 Å². The van der Waals surface area contributed by atoms with Gasteiger partial charge in [-0.1, -0.05) is 35.0 Å². The van der Waals surface area contributed by atoms with Gasteiger partial charge in [0.2, 0.25) is 0 Å². The minimum Gasteiger partial charge on any atom is -0.309 e. The molecule has 0 spiro atoms. The number of rotatable bonds is 4. The van der Waals surface area contributed by atoms with Crippen LogP contribution in [0.1, 0.15) is 46.9 Å². The molecule has 2 nitrogen and oxygen atoms in total. The number of hydrogen-bond donors (Lipinski definition) is 1. The van der Waals surface area contributed by atoms with Crippen LogP contribution >= 0.6 is 27.3 Å². The van der Waals surface area contributed by atoms with E-state index in [0.717, 1.165) is 23.9 Å². The standard InChI is InChI=1S/C16H19BrN2S/c1-2-18-13-4-3-5-14-16(13)20-15(19-14)10-11-6-8-12(17)9-7-11/h6-9,13,18H,2-5,10H2,1H3. The van der Waals surface area contributed by atoms with E-state index in [0.29, 0.717) is 6.04 Å². The van der Waals surface area contributed by atoms with E-state index in [1.54, 1.807) is 0 Å². The summed E-state index contributed by atoms with van der Waals surface area (Å²) in [4.78, 5) is 6.34. The molecular formula is C16H19BrN2S. The molecule has 0 bridgehead atoms. The molecule has 1 atom stereocenters. The highest BCUT2D eigenvalue weighted by Crippen LogP contribution is 2.34. The predicted molar refractivity (Wildman–Crippen MR) is 88.4 cm³/mol. The summed E-state index contributed by atoms with van der Waals surface area (Å²) in [6.07, 6.45) is 4.60. The van der Waals surface area contributed by atoms with Gasteiger partial charge in [0, 0.05) is 21.8 Å². The van der Waals surface area contributed by atoms with Crippen LogP contribution in [0.4, 0.5) is 0 Å². The lowest BCUT2D eigenvalue weighted by atomic mass is 9.98. The first-order valence-corrected chi connectivity index (χ1v) is 8.83. The number of aryl methyl sites for hydroxylation is 1. The van der Waals surface area contributed by atoms with Crippen LogP contribution in [-0.2, 0) is 12.8 Å². The fourth-order valence-electron chi connectivity index (χ4n) is 2.76. The van der Waals surface area contributed by atoms with Gasteiger partial charge in [-0.15, -0.1) is 11.3 Å². The van der Waals surface area contributed by atoms with E-state index in [1.165, 1.54) is 34.0 Å². The van der Waals surface area contributed by atoms with Crippen molar-refractivity contribution in [3.63, 3.8) is 0 Å². The summed E-state index contributed by atoms with van der Waals surface area (Å²) in [6, 6.07) is 9.08. The number of hydrogen-bond acceptors (Lipinski definition) is 3. The van der Waals surface area contributed by atoms with E-state index in [-0.39, 0.29) is 0 Å². The summed E-state index contributed by atoms with van der Waals surface area (Å²) in [5.74, 6) is 0. The summed E-state index contributed by atoms with van der Waals surface area (Å²) in [5, 5.41) is 4.84. The minimum absolute atomic E-state index is 0.528. The Kier molecular flexibility index (Phi) is 4.54. The zero-order valence-corrected chi connectivity index (χ0v) is 14.1. The highest BCUT2D eigenvalue weighted by atomic mass is 79.9. The highest BCUT2D eigenvalue weighted by Gasteiger charge is 2.23. The van der Waals surface area contributed by atoms with E-state index < -0.39 is 0 Å². The molecule has 0 radical (unpaired) electrons. The third kappa shape index (κ3) is 3.13. The molecule has 0 fully saturated rings. The molecule has 0 saturated carbocycles. The average molecular weight is 351 g/mol. The molecule has 20 heavy (non-hydrogen) atoms. The van der Waals surface area contributed by atoms with Gasteiger partial charge in [-0.05, 0) is 43.5 Å². The molecule has 1 aromatic heterocycles. The molecule has 1 aliphatic rings. The van der Waals surface area contributed by atoms with E-state index in [4.69, 9.17) is 4.98 Å². The lowest BCUT2D eigenvalue weighted by Gasteiger charge is -2.21. The van der Waals surface area contributed by atoms with Crippen molar-refractivity contribution in [1.82, 2.24) is 10.3 Å². The fraction of sp³-hybridized carbons (Fsp3) is 0.438. The summed E-state index contributed by atoms with van der Waals surface area (Å²) >= 11 is 5.38. The largest absolute Gasteiger partial charge is 0.309 e. The molecule has 0 saturated heterocycles. The van der Waals surface area contributed by atoms with Crippen LogP contribution in [0, 0.1) is 0 Å². The molecule has 1 unspecified atom stereocenters. The first kappa shape index (κ1) is 14.2. The van der Waals surface area contributed by atoms with Crippen molar-refractivity contribution in [1.29, 1.82) is 0 Å². The molecule has 3 rings (SSSR count). The van der Waals surface area contributed by atoms with Crippen LogP contribution in [-0.4, -0.2) is 11.5 Å². The van der Waals surface area contributed by atoms with Crippen LogP contribution in [0.15, 0.2) is 28.7 Å². The summed E-state index contributed by atoms with van der Waals surface area (Å²) in [5.41, 5.74) is 2.67. The minimum atomic E-state index is 0.528. The predicted octanol–water partition coefficient (Wildman–Crippen LogP) is 4.48. The lowest BCUT2D eigenvalue weighted by Crippen LogP contribution is -2.23. The van der Waals surface area contributed by atoms with Crippen molar-refractivity contribution in [2.24, 2.45) is 0 Å². The summed E-state index contributed by atoms with van der Waals surface area (Å²) < 4.78 is 1.13. The molecule has 2 aromatic rings. The van der Waals surface area contributed by atoms with Crippen LogP contribution in [0.5, 0.6) is 0 Å². The fourth-order valence-corrected chi connectivity index (χ4v) is 4.29. The van der Waals surface area contributed by atoms with Gasteiger partial charge in [0.1, 0.15) is 0 Å². The third-order valence-corrected chi connectivity index (χ3v) is 5.45. The molecule has 1 aliphatic carbocycles. The van der Waals surface area contributed by atoms with Gasteiger partial charge in [-0.25, -0.2) is 4.98 Å². The second-order valence-electron chi connectivity index (χ2n) is 5.22. The molecule has 106 valence electrons. The zero-order valence-electron chi connectivity index (χ0n) is 11.7. The first-order chi connectivity index (χ1) is 9.76. The Hall–Kier alpha value is -0.710. The summed E-state index contributed by atoms with van der Waals surface area (Å²) in [7, 11) is 0. The van der Waals surface area contributed by atoms with Gasteiger partial charge in [0.05, 0.1) is 10.7 Å². The Morgan fingerprint density at radius 2 is 2.15 bits per heavy atom. The molecule has 0 aliphatic heterocycles. The van der Waals surface area contributed by atoms with Crippen molar-refractivity contribution in [2.75, 3.05) is 6.54 Å². The van der Waals surface area contributed by atoms with Crippen LogP contribution in [0.3, 0.4) is 0 Å². The number of aromatic nitrogens is 1. The maximum Gasteiger partial charge on any atom is 0.0975 e. The smallest absolute Gasteiger partial charge is 0.0975 e. The number of halogens is 1. The van der Waals surface area contributed by atoms with Gasteiger partial charge < -0.3 is 5.32 Å². The Balaban J connectivity index is 1.80. The molecule has 4 heteroatoms. The van der Waals surface area contributed by atoms with Gasteiger partial charge >= 0.3 is 0 Å². The Bertz CT molecular complexity index is 577. The van der Waals surface area contributed by atoms with E-state index in [2.05, 4.69) is 52.4 Å². The molecule has 1 aromatic carbocycles. The maximum atomic E-state index is 4.87. The van der Waals surface area contributed by atoms with Crippen molar-refractivity contribution in [2.45, 2.75) is 38.6 Å². The number of fused-ring (bicyclic) bond motifs is 1. The van der Waals surface area contributed by atoms with Crippen molar-refractivity contribution < 1.29 is 0 Å². The van der Waals surface area contributed by atoms with E-state index in [9.17, 15) is 0 Å². The van der Waals surface area contributed by atoms with E-state index >= 15 is 0 Å². The van der Waals surface area contributed by atoms with E-state index in [1.807, 2.05) is 11.3 Å². The number of nitrogens with one attached hydrogen (secondary N) is 1. The summed E-state index contributed by atoms with van der Waals surface area (Å²) in [6.45, 7) is 3.21. The maximum absolute atomic E-state index is 4.87. The normalized spacial score (nSPS) is 18.0. The second-order valence-corrected chi connectivity index (χ2v) is 7.26. The third-order valence-electron chi connectivity index (χ3n) is 3.71. The van der Waals surface area contributed by atoms with Crippen LogP contribution in [0.25, 0.3) is 0 Å². The quantitative estimate of drug-likeness (QED) is 0.878. The van der Waals surface area contributed by atoms with Gasteiger partial charge in [-0.3, -0.25) is 0 Å². The SMILES string of the molecule is CCNC1CCCc2nc(Cc3ccc(Br)cc3)sc21. The van der Waals surface area contributed by atoms with Gasteiger partial charge in [0.25, 0.3) is 0 Å². The molecule has 0 amide bonds. The molecular weight excluding hydrogens is 332 g/mol. The van der Waals surface area contributed by atoms with Crippen molar-refractivity contribution >= 4 is 27.3 Å². The zero-order chi connectivity index (χ0) is 13.9. The number of nitrogens with zero attached hydrogens (tertiary/aromatic N) is 1. The lowest BCUT2D eigenvalue weighted by molar-refractivity contribution is 0.476. The van der Waals surface area contributed by atoms with Crippen molar-refractivity contribution in [3.8, 4) is 0 Å². The van der Waals surface area contributed by atoms with Crippen LogP contribution < -0.4 is 5.32 Å². The Labute approximate surface area is 132 Å². The average Bonchev–Trinajstić information content (AvgIpc) is 2.85. The van der Waals surface area contributed by atoms with Gasteiger partial charge in [-0.2, -0.15) is 0 Å². The Morgan fingerprint density at radius 1 is 1.35 bits per heavy atom. The number of benzene rings is 1. The van der Waals surface area contributed by atoms with Crippen LogP contribution in [0.2, 0.25) is 0 Å². The molecule has 1 N–H and O–H groups in total. The first-order valence-electron chi connectivity index (χ1n) is 7.22. The Morgan fingerprint density at radius 3 is 2.90 bits per heavy atom. The number of thiazole rings is 1. The topological polar surface area (TPSA) is 24.9 Å².